The Kier molecular flexibility index (Phi) is 9.10. The molecule has 0 unspecified atom stereocenters. The van der Waals surface area contributed by atoms with E-state index in [9.17, 15) is 24.6 Å². The van der Waals surface area contributed by atoms with Crippen LogP contribution in [0.1, 0.15) is 41.2 Å². The van der Waals surface area contributed by atoms with Gasteiger partial charge in [0.15, 0.2) is 5.60 Å². The van der Waals surface area contributed by atoms with Gasteiger partial charge in [0.2, 0.25) is 11.8 Å². The van der Waals surface area contributed by atoms with Gasteiger partial charge in [0.1, 0.15) is 0 Å². The Morgan fingerprint density at radius 2 is 1.70 bits per heavy atom. The fraction of sp³-hybridized carbons (Fsp3) is 0.244. The number of fused-ring (bicyclic) bond motifs is 3. The van der Waals surface area contributed by atoms with Gasteiger partial charge in [-0.1, -0.05) is 91.9 Å². The summed E-state index contributed by atoms with van der Waals surface area (Å²) < 4.78 is 0. The summed E-state index contributed by atoms with van der Waals surface area (Å²) in [5, 5.41) is 26.0. The minimum absolute atomic E-state index is 0.0866. The van der Waals surface area contributed by atoms with Crippen molar-refractivity contribution < 1.29 is 24.6 Å². The molecule has 254 valence electrons. The number of H-pyrrole nitrogens is 1. The maximum absolute atomic E-state index is 14.0. The van der Waals surface area contributed by atoms with E-state index in [0.717, 1.165) is 33.2 Å². The molecule has 4 N–H and O–H groups in total. The van der Waals surface area contributed by atoms with Gasteiger partial charge < -0.3 is 30.3 Å². The van der Waals surface area contributed by atoms with E-state index in [1.807, 2.05) is 91.1 Å². The van der Waals surface area contributed by atoms with Crippen molar-refractivity contribution in [3.8, 4) is 0 Å². The summed E-state index contributed by atoms with van der Waals surface area (Å²) in [7, 11) is 0. The smallest absolute Gasteiger partial charge is 0.264 e. The summed E-state index contributed by atoms with van der Waals surface area (Å²) in [4.78, 5) is 46.6. The molecule has 9 heteroatoms. The van der Waals surface area contributed by atoms with Crippen LogP contribution in [0.3, 0.4) is 0 Å². The van der Waals surface area contributed by atoms with Crippen LogP contribution in [-0.4, -0.2) is 50.5 Å². The topological polar surface area (TPSA) is 126 Å². The molecule has 5 aromatic rings. The van der Waals surface area contributed by atoms with E-state index in [0.29, 0.717) is 29.9 Å². The van der Waals surface area contributed by atoms with E-state index >= 15 is 0 Å². The molecule has 4 aromatic carbocycles. The number of aromatic amines is 1. The highest BCUT2D eigenvalue weighted by Crippen LogP contribution is 2.45. The van der Waals surface area contributed by atoms with Crippen LogP contribution < -0.4 is 10.2 Å². The maximum atomic E-state index is 14.0. The molecule has 0 bridgehead atoms. The Labute approximate surface area is 290 Å². The summed E-state index contributed by atoms with van der Waals surface area (Å²) in [6.45, 7) is 2.33. The first-order valence-electron chi connectivity index (χ1n) is 17.0. The van der Waals surface area contributed by atoms with E-state index in [4.69, 9.17) is 0 Å². The molecule has 2 aliphatic heterocycles. The van der Waals surface area contributed by atoms with Crippen molar-refractivity contribution >= 4 is 40.0 Å². The van der Waals surface area contributed by atoms with Gasteiger partial charge in [-0.2, -0.15) is 0 Å². The number of amides is 3. The predicted molar refractivity (Wildman–Crippen MR) is 193 cm³/mol. The standard InChI is InChI=1S/C41H40N4O5/c1-27(9-8-16-39(48)44-25-30-11-3-2-10-29(30)21-33(44)26-46)41(50)35-13-5-7-15-37(35)45(40(41)49)24-28-17-19-32(20-18-28)43-38(47)22-31-23-42-36-14-6-4-12-34(31)36/h2-15,17-20,23,27,33,42,46,50H,16,21-22,24-26H2,1H3,(H,43,47)/b9-8+/t27-,33+,41+/m1/s1. The third-order valence-electron chi connectivity index (χ3n) is 10.0. The first-order valence-corrected chi connectivity index (χ1v) is 17.0. The molecule has 3 atom stereocenters. The average molecular weight is 669 g/mol. The molecule has 7 rings (SSSR count). The number of aliphatic hydroxyl groups excluding tert-OH is 1. The fourth-order valence-corrected chi connectivity index (χ4v) is 7.26. The molecule has 2 aliphatic rings. The van der Waals surface area contributed by atoms with Crippen LogP contribution in [0.5, 0.6) is 0 Å². The number of carbonyl (C=O) groups is 3. The molecule has 0 spiro atoms. The summed E-state index contributed by atoms with van der Waals surface area (Å²) in [5.41, 5.74) is 4.95. The zero-order chi connectivity index (χ0) is 34.8. The lowest BCUT2D eigenvalue weighted by Gasteiger charge is -2.36. The second kappa shape index (κ2) is 13.8. The van der Waals surface area contributed by atoms with Crippen LogP contribution in [0.2, 0.25) is 0 Å². The quantitative estimate of drug-likeness (QED) is 0.144. The molecule has 3 heterocycles. The number of para-hydroxylation sites is 2. The Morgan fingerprint density at radius 1 is 0.980 bits per heavy atom. The lowest BCUT2D eigenvalue weighted by atomic mass is 9.83. The zero-order valence-corrected chi connectivity index (χ0v) is 27.9. The van der Waals surface area contributed by atoms with Gasteiger partial charge in [0.05, 0.1) is 31.3 Å². The highest BCUT2D eigenvalue weighted by molar-refractivity contribution is 6.07. The predicted octanol–water partition coefficient (Wildman–Crippen LogP) is 5.61. The van der Waals surface area contributed by atoms with Crippen molar-refractivity contribution in [1.82, 2.24) is 9.88 Å². The van der Waals surface area contributed by atoms with Crippen LogP contribution in [0.25, 0.3) is 10.9 Å². The Bertz CT molecular complexity index is 2090. The second-order valence-electron chi connectivity index (χ2n) is 13.2. The van der Waals surface area contributed by atoms with Gasteiger partial charge in [-0.3, -0.25) is 14.4 Å². The van der Waals surface area contributed by atoms with Crippen molar-refractivity contribution in [2.75, 3.05) is 16.8 Å². The van der Waals surface area contributed by atoms with Crippen LogP contribution in [0, 0.1) is 5.92 Å². The first kappa shape index (κ1) is 33.0. The monoisotopic (exact) mass is 668 g/mol. The molecular formula is C41H40N4O5. The molecular weight excluding hydrogens is 628 g/mol. The van der Waals surface area contributed by atoms with Gasteiger partial charge in [-0.15, -0.1) is 0 Å². The number of rotatable bonds is 10. The minimum atomic E-state index is -1.82. The lowest BCUT2D eigenvalue weighted by Crippen LogP contribution is -2.46. The van der Waals surface area contributed by atoms with Crippen LogP contribution >= 0.6 is 0 Å². The van der Waals surface area contributed by atoms with E-state index in [1.165, 1.54) is 0 Å². The summed E-state index contributed by atoms with van der Waals surface area (Å²) in [6.07, 6.45) is 6.23. The number of carbonyl (C=O) groups excluding carboxylic acids is 3. The van der Waals surface area contributed by atoms with Gasteiger partial charge in [0, 0.05) is 47.2 Å². The molecule has 1 aromatic heterocycles. The number of aliphatic hydroxyl groups is 2. The summed E-state index contributed by atoms with van der Waals surface area (Å²) in [5.74, 6) is -1.31. The Hall–Kier alpha value is -5.51. The SMILES string of the molecule is C[C@H](/C=C/CC(=O)N1Cc2ccccc2C[C@H]1CO)[C@@]1(O)C(=O)N(Cc2ccc(NC(=O)Cc3c[nH]c4ccccc34)cc2)c2ccccc21. The highest BCUT2D eigenvalue weighted by atomic mass is 16.3. The number of anilines is 2. The van der Waals surface area contributed by atoms with Crippen LogP contribution in [-0.2, 0) is 45.9 Å². The molecule has 3 amide bonds. The second-order valence-corrected chi connectivity index (χ2v) is 13.2. The lowest BCUT2D eigenvalue weighted by molar-refractivity contribution is -0.139. The number of nitrogens with one attached hydrogen (secondary N) is 2. The van der Waals surface area contributed by atoms with Crippen LogP contribution in [0.4, 0.5) is 11.4 Å². The largest absolute Gasteiger partial charge is 0.394 e. The van der Waals surface area contributed by atoms with E-state index in [-0.39, 0.29) is 43.8 Å². The van der Waals surface area contributed by atoms with E-state index in [1.54, 1.807) is 41.0 Å². The summed E-state index contributed by atoms with van der Waals surface area (Å²) >= 11 is 0. The maximum Gasteiger partial charge on any atom is 0.264 e. The zero-order valence-electron chi connectivity index (χ0n) is 27.9. The molecule has 0 saturated heterocycles. The van der Waals surface area contributed by atoms with Crippen molar-refractivity contribution in [2.24, 2.45) is 5.92 Å². The third kappa shape index (κ3) is 6.21. The van der Waals surface area contributed by atoms with Crippen molar-refractivity contribution in [2.45, 2.75) is 50.9 Å². The summed E-state index contributed by atoms with van der Waals surface area (Å²) in [6, 6.07) is 30.1. The molecule has 0 radical (unpaired) electrons. The molecule has 0 saturated carbocycles. The first-order chi connectivity index (χ1) is 24.3. The fourth-order valence-electron chi connectivity index (χ4n) is 7.26. The highest BCUT2D eigenvalue weighted by Gasteiger charge is 2.52. The van der Waals surface area contributed by atoms with Gasteiger partial charge >= 0.3 is 0 Å². The van der Waals surface area contributed by atoms with E-state index in [2.05, 4.69) is 10.3 Å². The molecule has 50 heavy (non-hydrogen) atoms. The Balaban J connectivity index is 1.00. The van der Waals surface area contributed by atoms with Crippen molar-refractivity contribution in [3.63, 3.8) is 0 Å². The normalized spacial score (nSPS) is 19.1. The number of aromatic nitrogens is 1. The van der Waals surface area contributed by atoms with Crippen LogP contribution in [0.15, 0.2) is 115 Å². The van der Waals surface area contributed by atoms with E-state index < -0.39 is 17.4 Å². The third-order valence-corrected chi connectivity index (χ3v) is 10.0. The van der Waals surface area contributed by atoms with Gasteiger partial charge in [0.25, 0.3) is 5.91 Å². The van der Waals surface area contributed by atoms with Crippen molar-refractivity contribution in [3.05, 3.63) is 143 Å². The average Bonchev–Trinajstić information content (AvgIpc) is 3.64. The van der Waals surface area contributed by atoms with Crippen molar-refractivity contribution in [1.29, 1.82) is 0 Å². The number of nitrogens with zero attached hydrogens (tertiary/aromatic N) is 2. The molecule has 9 nitrogen and oxygen atoms in total. The van der Waals surface area contributed by atoms with Gasteiger partial charge in [-0.25, -0.2) is 0 Å². The Morgan fingerprint density at radius 3 is 2.50 bits per heavy atom. The molecule has 0 aliphatic carbocycles. The number of hydrogen-bond acceptors (Lipinski definition) is 5. The van der Waals surface area contributed by atoms with Gasteiger partial charge in [-0.05, 0) is 52.9 Å². The number of benzene rings is 4. The number of hydrogen-bond donors (Lipinski definition) is 4. The minimum Gasteiger partial charge on any atom is -0.394 e. The molecule has 0 fully saturated rings.